The van der Waals surface area contributed by atoms with Gasteiger partial charge in [-0.2, -0.15) is 4.98 Å². The van der Waals surface area contributed by atoms with Crippen LogP contribution >= 0.6 is 0 Å². The minimum absolute atomic E-state index is 0.0302. The van der Waals surface area contributed by atoms with Crippen LogP contribution in [0, 0.1) is 11.8 Å². The molecular formula is C26H30N8O2. The van der Waals surface area contributed by atoms with Gasteiger partial charge in [0, 0.05) is 31.6 Å². The van der Waals surface area contributed by atoms with Crippen molar-refractivity contribution in [2.24, 2.45) is 12.8 Å². The van der Waals surface area contributed by atoms with Crippen LogP contribution in [0.15, 0.2) is 33.9 Å². The fraction of sp³-hybridized carbons (Fsp3) is 0.423. The molecule has 1 atom stereocenters. The van der Waals surface area contributed by atoms with Crippen LogP contribution < -0.4 is 21.9 Å². The Bertz CT molecular complexity index is 1640. The van der Waals surface area contributed by atoms with E-state index in [9.17, 15) is 9.59 Å². The maximum absolute atomic E-state index is 13.8. The van der Waals surface area contributed by atoms with E-state index >= 15 is 0 Å². The molecule has 4 heterocycles. The van der Waals surface area contributed by atoms with E-state index in [1.54, 1.807) is 18.5 Å². The van der Waals surface area contributed by atoms with Crippen LogP contribution in [0.3, 0.4) is 0 Å². The molecule has 5 rings (SSSR count). The zero-order valence-electron chi connectivity index (χ0n) is 20.9. The first-order chi connectivity index (χ1) is 17.4. The molecule has 0 saturated carbocycles. The van der Waals surface area contributed by atoms with Crippen LogP contribution in [-0.2, 0) is 26.6 Å². The molecule has 1 aliphatic heterocycles. The number of hydrogen-bond acceptors (Lipinski definition) is 7. The number of aryl methyl sites for hydroxylation is 2. The van der Waals surface area contributed by atoms with Gasteiger partial charge in [-0.05, 0) is 32.3 Å². The van der Waals surface area contributed by atoms with Gasteiger partial charge in [-0.25, -0.2) is 14.8 Å². The molecule has 0 radical (unpaired) electrons. The number of para-hydroxylation sites is 1. The molecule has 0 spiro atoms. The number of aromatic nitrogens is 6. The Morgan fingerprint density at radius 3 is 2.69 bits per heavy atom. The summed E-state index contributed by atoms with van der Waals surface area (Å²) in [6, 6.07) is 7.79. The molecule has 2 N–H and O–H groups in total. The highest BCUT2D eigenvalue weighted by Crippen LogP contribution is 2.23. The maximum Gasteiger partial charge on any atom is 0.332 e. The Balaban J connectivity index is 1.69. The third-order valence-corrected chi connectivity index (χ3v) is 6.73. The van der Waals surface area contributed by atoms with Gasteiger partial charge in [-0.3, -0.25) is 18.5 Å². The minimum atomic E-state index is -0.463. The second kappa shape index (κ2) is 9.59. The van der Waals surface area contributed by atoms with E-state index < -0.39 is 11.2 Å². The Morgan fingerprint density at radius 1 is 1.14 bits per heavy atom. The number of benzene rings is 1. The highest BCUT2D eigenvalue weighted by Gasteiger charge is 2.26. The molecule has 10 nitrogen and oxygen atoms in total. The third kappa shape index (κ3) is 4.05. The summed E-state index contributed by atoms with van der Waals surface area (Å²) in [6.45, 7) is 5.45. The Kier molecular flexibility index (Phi) is 6.33. The SMILES string of the molecule is CC#CCn1c(N2CCCC(N)C2)nc2c1c(=O)n(Cc1nc(CC)c3ccccc3n1)c(=O)n2C. The van der Waals surface area contributed by atoms with E-state index in [0.29, 0.717) is 35.9 Å². The fourth-order valence-corrected chi connectivity index (χ4v) is 4.92. The molecule has 0 bridgehead atoms. The number of piperidine rings is 1. The van der Waals surface area contributed by atoms with Gasteiger partial charge < -0.3 is 10.6 Å². The highest BCUT2D eigenvalue weighted by atomic mass is 16.2. The normalized spacial score (nSPS) is 15.9. The lowest BCUT2D eigenvalue weighted by Gasteiger charge is -2.31. The average Bonchev–Trinajstić information content (AvgIpc) is 3.28. The van der Waals surface area contributed by atoms with Gasteiger partial charge in [0.1, 0.15) is 5.82 Å². The molecule has 1 unspecified atom stereocenters. The van der Waals surface area contributed by atoms with Crippen LogP contribution in [0.25, 0.3) is 22.1 Å². The van der Waals surface area contributed by atoms with E-state index in [1.807, 2.05) is 31.2 Å². The van der Waals surface area contributed by atoms with E-state index in [4.69, 9.17) is 10.7 Å². The van der Waals surface area contributed by atoms with Gasteiger partial charge >= 0.3 is 5.69 Å². The smallest absolute Gasteiger partial charge is 0.332 e. The largest absolute Gasteiger partial charge is 0.341 e. The summed E-state index contributed by atoms with van der Waals surface area (Å²) in [7, 11) is 1.63. The van der Waals surface area contributed by atoms with Crippen molar-refractivity contribution in [1.29, 1.82) is 0 Å². The summed E-state index contributed by atoms with van der Waals surface area (Å²) < 4.78 is 4.41. The first-order valence-corrected chi connectivity index (χ1v) is 12.3. The Labute approximate surface area is 208 Å². The Hall–Kier alpha value is -3.97. The number of nitrogens with two attached hydrogens (primary N) is 1. The van der Waals surface area contributed by atoms with Crippen molar-refractivity contribution in [3.8, 4) is 11.8 Å². The zero-order valence-corrected chi connectivity index (χ0v) is 20.9. The number of anilines is 1. The molecular weight excluding hydrogens is 456 g/mol. The molecule has 186 valence electrons. The number of rotatable bonds is 5. The Morgan fingerprint density at radius 2 is 1.94 bits per heavy atom. The van der Waals surface area contributed by atoms with E-state index in [0.717, 1.165) is 36.0 Å². The van der Waals surface area contributed by atoms with Crippen molar-refractivity contribution >= 4 is 28.0 Å². The molecule has 36 heavy (non-hydrogen) atoms. The summed E-state index contributed by atoms with van der Waals surface area (Å²) >= 11 is 0. The van der Waals surface area contributed by atoms with Crippen LogP contribution in [0.5, 0.6) is 0 Å². The minimum Gasteiger partial charge on any atom is -0.341 e. The number of fused-ring (bicyclic) bond motifs is 2. The molecule has 4 aromatic rings. The summed E-state index contributed by atoms with van der Waals surface area (Å²) in [4.78, 5) is 43.3. The summed E-state index contributed by atoms with van der Waals surface area (Å²) in [5.74, 6) is 6.99. The van der Waals surface area contributed by atoms with Crippen LogP contribution in [0.2, 0.25) is 0 Å². The first-order valence-electron chi connectivity index (χ1n) is 12.3. The molecule has 10 heteroatoms. The second-order valence-electron chi connectivity index (χ2n) is 9.14. The highest BCUT2D eigenvalue weighted by molar-refractivity contribution is 5.80. The van der Waals surface area contributed by atoms with Crippen LogP contribution in [-0.4, -0.2) is 47.8 Å². The first kappa shape index (κ1) is 23.8. The van der Waals surface area contributed by atoms with E-state index in [2.05, 4.69) is 26.7 Å². The zero-order chi connectivity index (χ0) is 25.4. The number of hydrogen-bond donors (Lipinski definition) is 1. The monoisotopic (exact) mass is 486 g/mol. The van der Waals surface area contributed by atoms with Gasteiger partial charge in [-0.15, -0.1) is 5.92 Å². The lowest BCUT2D eigenvalue weighted by atomic mass is 10.1. The topological polar surface area (TPSA) is 117 Å². The van der Waals surface area contributed by atoms with Crippen molar-refractivity contribution in [3.05, 3.63) is 56.6 Å². The van der Waals surface area contributed by atoms with E-state index in [1.165, 1.54) is 9.13 Å². The average molecular weight is 487 g/mol. The van der Waals surface area contributed by atoms with Crippen LogP contribution in [0.1, 0.15) is 38.2 Å². The summed E-state index contributed by atoms with van der Waals surface area (Å²) in [5.41, 5.74) is 7.68. The van der Waals surface area contributed by atoms with Gasteiger partial charge in [0.05, 0.1) is 24.3 Å². The maximum atomic E-state index is 13.8. The van der Waals surface area contributed by atoms with Crippen molar-refractivity contribution < 1.29 is 0 Å². The second-order valence-corrected chi connectivity index (χ2v) is 9.14. The molecule has 1 fully saturated rings. The standard InChI is InChI=1S/C26H30N8O2/c1-4-6-14-33-22-23(30-25(33)32-13-9-10-17(27)15-32)31(3)26(36)34(24(22)35)16-21-28-19(5-2)18-11-7-8-12-20(18)29-21/h7-8,11-12,17H,5,9-10,13-16,27H2,1-3H3. The van der Waals surface area contributed by atoms with Gasteiger partial charge in [0.25, 0.3) is 5.56 Å². The van der Waals surface area contributed by atoms with Crippen molar-refractivity contribution in [3.63, 3.8) is 0 Å². The third-order valence-electron chi connectivity index (χ3n) is 6.73. The number of imidazole rings is 1. The summed E-state index contributed by atoms with van der Waals surface area (Å²) in [5, 5.41) is 0.972. The van der Waals surface area contributed by atoms with Crippen molar-refractivity contribution in [2.45, 2.75) is 52.2 Å². The van der Waals surface area contributed by atoms with E-state index in [-0.39, 0.29) is 19.1 Å². The summed E-state index contributed by atoms with van der Waals surface area (Å²) in [6.07, 6.45) is 2.60. The molecule has 0 aliphatic carbocycles. The van der Waals surface area contributed by atoms with Crippen LogP contribution in [0.4, 0.5) is 5.95 Å². The van der Waals surface area contributed by atoms with Crippen molar-refractivity contribution in [2.75, 3.05) is 18.0 Å². The lowest BCUT2D eigenvalue weighted by Crippen LogP contribution is -2.44. The lowest BCUT2D eigenvalue weighted by molar-refractivity contribution is 0.496. The molecule has 3 aromatic heterocycles. The number of nitrogens with zero attached hydrogens (tertiary/aromatic N) is 7. The predicted octanol–water partition coefficient (Wildman–Crippen LogP) is 1.40. The van der Waals surface area contributed by atoms with Gasteiger partial charge in [0.2, 0.25) is 5.95 Å². The molecule has 1 aliphatic rings. The molecule has 1 saturated heterocycles. The van der Waals surface area contributed by atoms with Gasteiger partial charge in [0.15, 0.2) is 11.2 Å². The fourth-order valence-electron chi connectivity index (χ4n) is 4.92. The van der Waals surface area contributed by atoms with Gasteiger partial charge in [-0.1, -0.05) is 31.0 Å². The molecule has 1 aromatic carbocycles. The molecule has 0 amide bonds. The quantitative estimate of drug-likeness (QED) is 0.424. The van der Waals surface area contributed by atoms with Crippen molar-refractivity contribution in [1.82, 2.24) is 28.7 Å². The predicted molar refractivity (Wildman–Crippen MR) is 140 cm³/mol.